The molecule has 27 heavy (non-hydrogen) atoms. The molecule has 3 rings (SSSR count). The number of anilines is 1. The van der Waals surface area contributed by atoms with Crippen molar-refractivity contribution in [3.05, 3.63) is 76.8 Å². The largest absolute Gasteiger partial charge is 0.387 e. The van der Waals surface area contributed by atoms with Crippen LogP contribution < -0.4 is 10.6 Å². The molecule has 138 valence electrons. The number of halogens is 1. The molecule has 0 aliphatic rings. The fraction of sp³-hybridized carbons (Fsp3) is 0.143. The molecule has 0 saturated carbocycles. The monoisotopic (exact) mass is 382 g/mol. The lowest BCUT2D eigenvalue weighted by Crippen LogP contribution is -2.37. The molecule has 0 unspecified atom stereocenters. The number of rotatable bonds is 4. The Morgan fingerprint density at radius 1 is 1.04 bits per heavy atom. The van der Waals surface area contributed by atoms with Crippen LogP contribution in [0.15, 0.2) is 60.7 Å². The Balaban J connectivity index is 1.62. The summed E-state index contributed by atoms with van der Waals surface area (Å²) < 4.78 is 0. The van der Waals surface area contributed by atoms with Gasteiger partial charge in [0.05, 0.1) is 6.10 Å². The first-order chi connectivity index (χ1) is 13.0. The Bertz CT molecular complexity index is 998. The molecule has 0 aromatic heterocycles. The van der Waals surface area contributed by atoms with Crippen molar-refractivity contribution >= 4 is 39.9 Å². The van der Waals surface area contributed by atoms with Crippen molar-refractivity contribution in [2.24, 2.45) is 0 Å². The Morgan fingerprint density at radius 2 is 1.78 bits per heavy atom. The van der Waals surface area contributed by atoms with Gasteiger partial charge in [0.1, 0.15) is 0 Å². The summed E-state index contributed by atoms with van der Waals surface area (Å²) in [7, 11) is 0. The molecule has 0 bridgehead atoms. The highest BCUT2D eigenvalue weighted by atomic mass is 35.5. The van der Waals surface area contributed by atoms with Crippen LogP contribution in [0, 0.1) is 6.92 Å². The molecule has 0 aliphatic carbocycles. The second-order valence-electron chi connectivity index (χ2n) is 6.21. The van der Waals surface area contributed by atoms with Gasteiger partial charge in [0, 0.05) is 17.3 Å². The second kappa shape index (κ2) is 8.20. The van der Waals surface area contributed by atoms with Gasteiger partial charge in [-0.15, -0.1) is 0 Å². The Morgan fingerprint density at radius 3 is 2.56 bits per heavy atom. The Kier molecular flexibility index (Phi) is 5.74. The molecule has 3 aromatic rings. The van der Waals surface area contributed by atoms with Crippen LogP contribution >= 0.6 is 11.6 Å². The number of amides is 2. The van der Waals surface area contributed by atoms with E-state index >= 15 is 0 Å². The Hall–Kier alpha value is -2.89. The maximum Gasteiger partial charge on any atom is 0.313 e. The summed E-state index contributed by atoms with van der Waals surface area (Å²) in [5.41, 5.74) is 2.00. The molecule has 0 heterocycles. The summed E-state index contributed by atoms with van der Waals surface area (Å²) in [4.78, 5) is 24.1. The van der Waals surface area contributed by atoms with Crippen molar-refractivity contribution in [2.75, 3.05) is 11.9 Å². The molecule has 5 nitrogen and oxygen atoms in total. The molecular formula is C21H19ClN2O3. The number of nitrogens with one attached hydrogen (secondary N) is 2. The molecule has 3 aromatic carbocycles. The van der Waals surface area contributed by atoms with Crippen LogP contribution in [0.2, 0.25) is 5.02 Å². The average molecular weight is 383 g/mol. The van der Waals surface area contributed by atoms with E-state index in [1.807, 2.05) is 43.3 Å². The van der Waals surface area contributed by atoms with Gasteiger partial charge < -0.3 is 15.7 Å². The van der Waals surface area contributed by atoms with Gasteiger partial charge in [-0.05, 0) is 41.0 Å². The first-order valence-electron chi connectivity index (χ1n) is 8.47. The number of hydrogen-bond acceptors (Lipinski definition) is 3. The second-order valence-corrected chi connectivity index (χ2v) is 6.62. The standard InChI is InChI=1S/C21H19ClN2O3/c1-13-9-10-15(11-18(13)22)24-21(27)20(26)23-12-19(25)17-8-4-6-14-5-2-3-7-16(14)17/h2-11,19,25H,12H2,1H3,(H,23,26)(H,24,27)/t19-/m1/s1. The highest BCUT2D eigenvalue weighted by molar-refractivity contribution is 6.39. The van der Waals surface area contributed by atoms with Gasteiger partial charge in [-0.2, -0.15) is 0 Å². The zero-order valence-corrected chi connectivity index (χ0v) is 15.5. The van der Waals surface area contributed by atoms with Gasteiger partial charge in [0.15, 0.2) is 0 Å². The quantitative estimate of drug-likeness (QED) is 0.603. The van der Waals surface area contributed by atoms with Crippen molar-refractivity contribution in [3.8, 4) is 0 Å². The predicted molar refractivity (Wildman–Crippen MR) is 107 cm³/mol. The normalized spacial score (nSPS) is 11.8. The van der Waals surface area contributed by atoms with Gasteiger partial charge in [-0.3, -0.25) is 9.59 Å². The molecule has 2 amide bonds. The van der Waals surface area contributed by atoms with E-state index < -0.39 is 17.9 Å². The van der Waals surface area contributed by atoms with Crippen molar-refractivity contribution in [2.45, 2.75) is 13.0 Å². The number of carbonyl (C=O) groups is 2. The number of hydrogen-bond donors (Lipinski definition) is 3. The highest BCUT2D eigenvalue weighted by Crippen LogP contribution is 2.24. The van der Waals surface area contributed by atoms with Crippen LogP contribution in [0.1, 0.15) is 17.2 Å². The summed E-state index contributed by atoms with van der Waals surface area (Å²) in [5, 5.41) is 17.8. The number of aliphatic hydroxyl groups excluding tert-OH is 1. The van der Waals surface area contributed by atoms with E-state index in [0.29, 0.717) is 16.3 Å². The molecule has 3 N–H and O–H groups in total. The van der Waals surface area contributed by atoms with Crippen LogP contribution in [-0.4, -0.2) is 23.5 Å². The molecular weight excluding hydrogens is 364 g/mol. The van der Waals surface area contributed by atoms with E-state index in [4.69, 9.17) is 11.6 Å². The fourth-order valence-corrected chi connectivity index (χ4v) is 2.96. The van der Waals surface area contributed by atoms with E-state index in [9.17, 15) is 14.7 Å². The van der Waals surface area contributed by atoms with Crippen LogP contribution in [-0.2, 0) is 9.59 Å². The van der Waals surface area contributed by atoms with Crippen LogP contribution in [0.25, 0.3) is 10.8 Å². The van der Waals surface area contributed by atoms with Gasteiger partial charge in [0.2, 0.25) is 0 Å². The maximum absolute atomic E-state index is 12.0. The molecule has 0 aliphatic heterocycles. The third-order valence-corrected chi connectivity index (χ3v) is 4.68. The van der Waals surface area contributed by atoms with Crippen LogP contribution in [0.4, 0.5) is 5.69 Å². The minimum absolute atomic E-state index is 0.0745. The third kappa shape index (κ3) is 4.45. The van der Waals surface area contributed by atoms with E-state index in [1.54, 1.807) is 24.3 Å². The van der Waals surface area contributed by atoms with Gasteiger partial charge in [-0.1, -0.05) is 60.1 Å². The first kappa shape index (κ1) is 18.9. The highest BCUT2D eigenvalue weighted by Gasteiger charge is 2.17. The van der Waals surface area contributed by atoms with E-state index in [2.05, 4.69) is 10.6 Å². The number of carbonyl (C=O) groups excluding carboxylic acids is 2. The number of aryl methyl sites for hydroxylation is 1. The van der Waals surface area contributed by atoms with Gasteiger partial charge in [-0.25, -0.2) is 0 Å². The SMILES string of the molecule is Cc1ccc(NC(=O)C(=O)NC[C@@H](O)c2cccc3ccccc23)cc1Cl. The van der Waals surface area contributed by atoms with Gasteiger partial charge >= 0.3 is 11.8 Å². The maximum atomic E-state index is 12.0. The average Bonchev–Trinajstić information content (AvgIpc) is 2.68. The van der Waals surface area contributed by atoms with Crippen molar-refractivity contribution in [3.63, 3.8) is 0 Å². The zero-order chi connectivity index (χ0) is 19.4. The molecule has 0 spiro atoms. The van der Waals surface area contributed by atoms with Crippen molar-refractivity contribution < 1.29 is 14.7 Å². The zero-order valence-electron chi connectivity index (χ0n) is 14.7. The molecule has 6 heteroatoms. The van der Waals surface area contributed by atoms with Gasteiger partial charge in [0.25, 0.3) is 0 Å². The topological polar surface area (TPSA) is 78.4 Å². The lowest BCUT2D eigenvalue weighted by Gasteiger charge is -2.14. The van der Waals surface area contributed by atoms with Crippen molar-refractivity contribution in [1.29, 1.82) is 0 Å². The van der Waals surface area contributed by atoms with E-state index in [-0.39, 0.29) is 6.54 Å². The van der Waals surface area contributed by atoms with Crippen LogP contribution in [0.3, 0.4) is 0 Å². The predicted octanol–water partition coefficient (Wildman–Crippen LogP) is 3.59. The third-order valence-electron chi connectivity index (χ3n) is 4.27. The van der Waals surface area contributed by atoms with E-state index in [0.717, 1.165) is 16.3 Å². The molecule has 0 radical (unpaired) electrons. The lowest BCUT2D eigenvalue weighted by atomic mass is 10.0. The van der Waals surface area contributed by atoms with Crippen LogP contribution in [0.5, 0.6) is 0 Å². The summed E-state index contributed by atoms with van der Waals surface area (Å²) in [6, 6.07) is 18.2. The Labute approximate surface area is 162 Å². The summed E-state index contributed by atoms with van der Waals surface area (Å²) >= 11 is 6.01. The summed E-state index contributed by atoms with van der Waals surface area (Å²) in [6.07, 6.45) is -0.929. The lowest BCUT2D eigenvalue weighted by molar-refractivity contribution is -0.136. The summed E-state index contributed by atoms with van der Waals surface area (Å²) in [5.74, 6) is -1.65. The molecule has 1 atom stereocenters. The van der Waals surface area contributed by atoms with Crippen molar-refractivity contribution in [1.82, 2.24) is 5.32 Å². The summed E-state index contributed by atoms with van der Waals surface area (Å²) in [6.45, 7) is 1.77. The molecule has 0 fully saturated rings. The number of benzene rings is 3. The van der Waals surface area contributed by atoms with E-state index in [1.165, 1.54) is 0 Å². The number of fused-ring (bicyclic) bond motifs is 1. The number of aliphatic hydroxyl groups is 1. The first-order valence-corrected chi connectivity index (χ1v) is 8.84. The minimum atomic E-state index is -0.929. The minimum Gasteiger partial charge on any atom is -0.387 e. The fourth-order valence-electron chi connectivity index (χ4n) is 2.78. The smallest absolute Gasteiger partial charge is 0.313 e. The molecule has 0 saturated heterocycles.